The quantitative estimate of drug-likeness (QED) is 0.700. The summed E-state index contributed by atoms with van der Waals surface area (Å²) in [6.07, 6.45) is 2.07. The molecule has 4 nitrogen and oxygen atoms in total. The molecule has 0 aromatic carbocycles. The lowest BCUT2D eigenvalue weighted by Crippen LogP contribution is -2.25. The summed E-state index contributed by atoms with van der Waals surface area (Å²) in [5.74, 6) is 0.267. The maximum Gasteiger partial charge on any atom is 0.138 e. The minimum atomic E-state index is -0.268. The van der Waals surface area contributed by atoms with Gasteiger partial charge in [0.2, 0.25) is 0 Å². The lowest BCUT2D eigenvalue weighted by Gasteiger charge is -2.22. The number of nitrogens with one attached hydrogen (secondary N) is 1. The molecule has 0 rings (SSSR count). The fourth-order valence-corrected chi connectivity index (χ4v) is 1.40. The van der Waals surface area contributed by atoms with E-state index in [1.165, 1.54) is 0 Å². The highest BCUT2D eigenvalue weighted by atomic mass is 16.5. The maximum atomic E-state index is 11.7. The number of carbonyl (C=O) groups is 1. The third kappa shape index (κ3) is 8.34. The molecule has 0 aromatic rings. The predicted molar refractivity (Wildman–Crippen MR) is 73.0 cm³/mol. The second-order valence-corrected chi connectivity index (χ2v) is 6.77. The monoisotopic (exact) mass is 256 g/mol. The summed E-state index contributed by atoms with van der Waals surface area (Å²) in [6.45, 7) is 12.2. The number of Topliss-reactive ketones (excluding diaryl/α,β-unsaturated/α-hetero) is 1. The van der Waals surface area contributed by atoms with Gasteiger partial charge in [0.15, 0.2) is 0 Å². The molecule has 18 heavy (non-hydrogen) atoms. The van der Waals surface area contributed by atoms with Crippen molar-refractivity contribution in [2.45, 2.75) is 72.4 Å². The first-order chi connectivity index (χ1) is 8.06. The van der Waals surface area contributed by atoms with Crippen LogP contribution in [0.25, 0.3) is 0 Å². The number of hydrogen-bond donors (Lipinski definition) is 1. The van der Waals surface area contributed by atoms with Crippen molar-refractivity contribution in [2.24, 2.45) is 10.5 Å². The van der Waals surface area contributed by atoms with Crippen LogP contribution in [0.1, 0.15) is 60.8 Å². The summed E-state index contributed by atoms with van der Waals surface area (Å²) in [6, 6.07) is -0.128. The summed E-state index contributed by atoms with van der Waals surface area (Å²) in [7, 11) is 0. The Morgan fingerprint density at radius 2 is 1.78 bits per heavy atom. The second-order valence-electron chi connectivity index (χ2n) is 6.77. The molecule has 106 valence electrons. The molecule has 0 spiro atoms. The fraction of sp³-hybridized carbons (Fsp3) is 0.929. The van der Waals surface area contributed by atoms with Gasteiger partial charge >= 0.3 is 0 Å². The summed E-state index contributed by atoms with van der Waals surface area (Å²) in [5.41, 5.74) is 6.66. The van der Waals surface area contributed by atoms with Crippen molar-refractivity contribution in [3.63, 3.8) is 0 Å². The molecule has 1 unspecified atom stereocenters. The van der Waals surface area contributed by atoms with Crippen LogP contribution in [0, 0.1) is 10.9 Å². The van der Waals surface area contributed by atoms with Crippen LogP contribution in [0.2, 0.25) is 0 Å². The number of ether oxygens (including phenoxy) is 1. The molecule has 0 fully saturated rings. The molecule has 0 heterocycles. The van der Waals surface area contributed by atoms with E-state index in [-0.39, 0.29) is 22.8 Å². The summed E-state index contributed by atoms with van der Waals surface area (Å²) in [4.78, 5) is 11.7. The number of carbonyl (C=O) groups excluding carboxylic acids is 1. The van der Waals surface area contributed by atoms with Gasteiger partial charge in [-0.2, -0.15) is 5.11 Å². The van der Waals surface area contributed by atoms with Crippen molar-refractivity contribution in [2.75, 3.05) is 6.61 Å². The van der Waals surface area contributed by atoms with Gasteiger partial charge in [-0.25, -0.2) is 5.53 Å². The third-order valence-corrected chi connectivity index (χ3v) is 2.67. The zero-order valence-corrected chi connectivity index (χ0v) is 12.7. The van der Waals surface area contributed by atoms with Crippen LogP contribution in [-0.2, 0) is 9.53 Å². The van der Waals surface area contributed by atoms with Crippen LogP contribution in [0.4, 0.5) is 0 Å². The fourth-order valence-electron chi connectivity index (χ4n) is 1.40. The SMILES string of the molecule is CC(C)(C)OCC(CCCC(=O)C(C)(C)C)N=N. The minimum Gasteiger partial charge on any atom is -0.374 e. The molecule has 4 heteroatoms. The van der Waals surface area contributed by atoms with E-state index in [2.05, 4.69) is 5.11 Å². The highest BCUT2D eigenvalue weighted by Gasteiger charge is 2.21. The first-order valence-electron chi connectivity index (χ1n) is 6.60. The number of ketones is 1. The topological polar surface area (TPSA) is 62.5 Å². The van der Waals surface area contributed by atoms with Crippen LogP contribution in [0.15, 0.2) is 5.11 Å². The molecule has 0 radical (unpaired) electrons. The number of rotatable bonds is 7. The third-order valence-electron chi connectivity index (χ3n) is 2.67. The van der Waals surface area contributed by atoms with E-state index in [4.69, 9.17) is 10.3 Å². The predicted octanol–water partition coefficient (Wildman–Crippen LogP) is 3.99. The van der Waals surface area contributed by atoms with Gasteiger partial charge in [-0.1, -0.05) is 20.8 Å². The molecule has 0 saturated carbocycles. The Hall–Kier alpha value is -0.770. The number of nitrogens with zero attached hydrogens (tertiary/aromatic N) is 1. The lowest BCUT2D eigenvalue weighted by molar-refractivity contribution is -0.126. The van der Waals surface area contributed by atoms with E-state index in [9.17, 15) is 4.79 Å². The van der Waals surface area contributed by atoms with Gasteiger partial charge in [0.1, 0.15) is 5.78 Å². The van der Waals surface area contributed by atoms with Gasteiger partial charge < -0.3 is 4.74 Å². The van der Waals surface area contributed by atoms with Crippen molar-refractivity contribution >= 4 is 5.78 Å². The first kappa shape index (κ1) is 17.2. The van der Waals surface area contributed by atoms with Crippen LogP contribution in [0.3, 0.4) is 0 Å². The first-order valence-corrected chi connectivity index (χ1v) is 6.60. The zero-order valence-electron chi connectivity index (χ0n) is 12.7. The van der Waals surface area contributed by atoms with Gasteiger partial charge in [0.25, 0.3) is 0 Å². The smallest absolute Gasteiger partial charge is 0.138 e. The maximum absolute atomic E-state index is 11.7. The summed E-state index contributed by atoms with van der Waals surface area (Å²) < 4.78 is 5.61. The van der Waals surface area contributed by atoms with Gasteiger partial charge in [-0.3, -0.25) is 4.79 Å². The van der Waals surface area contributed by atoms with Crippen molar-refractivity contribution in [1.29, 1.82) is 5.53 Å². The van der Waals surface area contributed by atoms with Crippen LogP contribution < -0.4 is 0 Å². The summed E-state index contributed by atoms with van der Waals surface area (Å²) >= 11 is 0. The molecule has 0 aliphatic rings. The Kier molecular flexibility index (Phi) is 6.68. The Bertz CT molecular complexity index is 274. The molecular weight excluding hydrogens is 228 g/mol. The van der Waals surface area contributed by atoms with Gasteiger partial charge in [0.05, 0.1) is 18.2 Å². The van der Waals surface area contributed by atoms with Crippen molar-refractivity contribution in [3.8, 4) is 0 Å². The lowest BCUT2D eigenvalue weighted by atomic mass is 9.87. The standard InChI is InChI=1S/C14H28N2O2/c1-13(2,3)12(17)9-7-8-11(16-15)10-18-14(4,5)6/h11,15H,7-10H2,1-6H3. The largest absolute Gasteiger partial charge is 0.374 e. The van der Waals surface area contributed by atoms with E-state index in [0.717, 1.165) is 12.8 Å². The molecule has 0 saturated heterocycles. The Morgan fingerprint density at radius 1 is 1.22 bits per heavy atom. The van der Waals surface area contributed by atoms with Crippen molar-refractivity contribution < 1.29 is 9.53 Å². The Balaban J connectivity index is 3.96. The average molecular weight is 256 g/mol. The van der Waals surface area contributed by atoms with Gasteiger partial charge in [-0.15, -0.1) is 0 Å². The van der Waals surface area contributed by atoms with Crippen molar-refractivity contribution in [1.82, 2.24) is 0 Å². The molecule has 0 aliphatic heterocycles. The molecule has 0 aliphatic carbocycles. The van der Waals surface area contributed by atoms with E-state index in [1.54, 1.807) is 0 Å². The van der Waals surface area contributed by atoms with Crippen molar-refractivity contribution in [3.05, 3.63) is 0 Å². The molecule has 0 amide bonds. The molecule has 1 atom stereocenters. The highest BCUT2D eigenvalue weighted by molar-refractivity contribution is 5.83. The normalized spacial score (nSPS) is 14.3. The second kappa shape index (κ2) is 6.98. The van der Waals surface area contributed by atoms with E-state index in [1.807, 2.05) is 41.5 Å². The van der Waals surface area contributed by atoms with Gasteiger partial charge in [0, 0.05) is 11.8 Å². The highest BCUT2D eigenvalue weighted by Crippen LogP contribution is 2.19. The van der Waals surface area contributed by atoms with Crippen LogP contribution in [0.5, 0.6) is 0 Å². The Morgan fingerprint density at radius 3 is 2.17 bits per heavy atom. The number of hydrogen-bond acceptors (Lipinski definition) is 4. The molecular formula is C14H28N2O2. The van der Waals surface area contributed by atoms with Gasteiger partial charge in [-0.05, 0) is 33.6 Å². The van der Waals surface area contributed by atoms with E-state index in [0.29, 0.717) is 13.0 Å². The van der Waals surface area contributed by atoms with E-state index < -0.39 is 0 Å². The molecule has 1 N–H and O–H groups in total. The van der Waals surface area contributed by atoms with Crippen LogP contribution in [-0.4, -0.2) is 24.0 Å². The molecule has 0 aromatic heterocycles. The Labute approximate surface area is 111 Å². The minimum absolute atomic E-state index is 0.128. The zero-order chi connectivity index (χ0) is 14.4. The summed E-state index contributed by atoms with van der Waals surface area (Å²) in [5, 5.41) is 3.56. The molecule has 0 bridgehead atoms. The average Bonchev–Trinajstić information content (AvgIpc) is 2.19. The van der Waals surface area contributed by atoms with Crippen LogP contribution >= 0.6 is 0 Å². The van der Waals surface area contributed by atoms with E-state index >= 15 is 0 Å².